The lowest BCUT2D eigenvalue weighted by atomic mass is 9.61. The minimum atomic E-state index is -0.0591. The van der Waals surface area contributed by atoms with Gasteiger partial charge in [0.25, 0.3) is 0 Å². The van der Waals surface area contributed by atoms with E-state index >= 15 is 0 Å². The average molecular weight is 242 g/mol. The highest BCUT2D eigenvalue weighted by atomic mass is 16.6. The van der Waals surface area contributed by atoms with Crippen LogP contribution in [0.25, 0.3) is 0 Å². The highest BCUT2D eigenvalue weighted by molar-refractivity contribution is 6.48. The zero-order valence-electron chi connectivity index (χ0n) is 12.6. The van der Waals surface area contributed by atoms with Crippen LogP contribution in [0.5, 0.6) is 0 Å². The van der Waals surface area contributed by atoms with Crippen molar-refractivity contribution in [2.75, 3.05) is 13.2 Å². The molecule has 0 aliphatic heterocycles. The average Bonchev–Trinajstić information content (AvgIpc) is 2.25. The maximum Gasteiger partial charge on any atom is 0.462 e. The molecule has 102 valence electrons. The molecule has 0 spiro atoms. The van der Waals surface area contributed by atoms with Gasteiger partial charge in [0.2, 0.25) is 0 Å². The van der Waals surface area contributed by atoms with E-state index in [1.54, 1.807) is 0 Å². The molecular weight excluding hydrogens is 211 g/mol. The van der Waals surface area contributed by atoms with Gasteiger partial charge in [0.05, 0.1) is 0 Å². The molecule has 17 heavy (non-hydrogen) atoms. The molecule has 0 heterocycles. The van der Waals surface area contributed by atoms with Crippen LogP contribution in [-0.4, -0.2) is 20.3 Å². The molecule has 0 aromatic rings. The Hall–Kier alpha value is -0.0151. The molecule has 0 saturated heterocycles. The molecule has 0 aliphatic rings. The van der Waals surface area contributed by atoms with E-state index in [9.17, 15) is 0 Å². The van der Waals surface area contributed by atoms with Gasteiger partial charge in [-0.15, -0.1) is 0 Å². The Bertz CT molecular complexity index is 154. The largest absolute Gasteiger partial charge is 0.462 e. The number of hydrogen-bond donors (Lipinski definition) is 0. The molecule has 0 atom stereocenters. The molecule has 0 radical (unpaired) electrons. The van der Waals surface area contributed by atoms with Gasteiger partial charge in [-0.25, -0.2) is 0 Å². The fourth-order valence-corrected chi connectivity index (χ4v) is 1.63. The maximum atomic E-state index is 5.87. The lowest BCUT2D eigenvalue weighted by Crippen LogP contribution is -2.33. The van der Waals surface area contributed by atoms with Crippen LogP contribution in [0.2, 0.25) is 5.31 Å². The van der Waals surface area contributed by atoms with E-state index in [1.807, 2.05) is 0 Å². The van der Waals surface area contributed by atoms with E-state index in [2.05, 4.69) is 34.6 Å². The molecule has 0 amide bonds. The van der Waals surface area contributed by atoms with Crippen molar-refractivity contribution in [2.24, 2.45) is 0 Å². The third kappa shape index (κ3) is 9.67. The molecule has 0 aromatic heterocycles. The first-order valence-electron chi connectivity index (χ1n) is 7.25. The Morgan fingerprint density at radius 3 is 1.47 bits per heavy atom. The van der Waals surface area contributed by atoms with Crippen molar-refractivity contribution < 1.29 is 9.31 Å². The van der Waals surface area contributed by atoms with Crippen LogP contribution >= 0.6 is 0 Å². The predicted molar refractivity (Wildman–Crippen MR) is 76.4 cm³/mol. The second-order valence-corrected chi connectivity index (χ2v) is 5.85. The Labute approximate surface area is 109 Å². The summed E-state index contributed by atoms with van der Waals surface area (Å²) >= 11 is 0. The summed E-state index contributed by atoms with van der Waals surface area (Å²) in [6.45, 7) is 12.6. The molecule has 0 saturated carbocycles. The van der Waals surface area contributed by atoms with Crippen molar-refractivity contribution in [1.82, 2.24) is 0 Å². The van der Waals surface area contributed by atoms with E-state index in [-0.39, 0.29) is 12.4 Å². The molecular formula is C14H31BO2. The van der Waals surface area contributed by atoms with Gasteiger partial charge in [0, 0.05) is 13.2 Å². The van der Waals surface area contributed by atoms with Gasteiger partial charge in [-0.2, -0.15) is 0 Å². The monoisotopic (exact) mass is 242 g/mol. The van der Waals surface area contributed by atoms with Gasteiger partial charge >= 0.3 is 7.12 Å². The number of rotatable bonds is 10. The van der Waals surface area contributed by atoms with E-state index in [4.69, 9.17) is 9.31 Å². The third-order valence-corrected chi connectivity index (χ3v) is 2.74. The quantitative estimate of drug-likeness (QED) is 0.408. The Kier molecular flexibility index (Phi) is 9.95. The second-order valence-electron chi connectivity index (χ2n) is 5.85. The summed E-state index contributed by atoms with van der Waals surface area (Å²) in [7, 11) is -0.0591. The standard InChI is InChI=1S/C14H31BO2/c1-6-8-10-12-16-15(14(3,4)5)17-13-11-9-7-2/h6-13H2,1-5H3. The van der Waals surface area contributed by atoms with Crippen LogP contribution in [0, 0.1) is 0 Å². The summed E-state index contributed by atoms with van der Waals surface area (Å²) < 4.78 is 11.7. The molecule has 0 N–H and O–H groups in total. The van der Waals surface area contributed by atoms with Gasteiger partial charge in [-0.1, -0.05) is 60.3 Å². The van der Waals surface area contributed by atoms with Crippen LogP contribution in [-0.2, 0) is 9.31 Å². The zero-order chi connectivity index (χ0) is 13.1. The second kappa shape index (κ2) is 9.96. The Morgan fingerprint density at radius 2 is 1.18 bits per heavy atom. The first kappa shape index (κ1) is 17.0. The molecule has 0 bridgehead atoms. The Balaban J connectivity index is 3.81. The molecule has 0 aromatic carbocycles. The number of hydrogen-bond acceptors (Lipinski definition) is 2. The smallest absolute Gasteiger partial charge is 0.411 e. The topological polar surface area (TPSA) is 18.5 Å². The molecule has 2 nitrogen and oxygen atoms in total. The molecule has 0 unspecified atom stereocenters. The zero-order valence-corrected chi connectivity index (χ0v) is 12.6. The predicted octanol–water partition coefficient (Wildman–Crippen LogP) is 4.69. The molecule has 3 heteroatoms. The first-order chi connectivity index (χ1) is 8.02. The summed E-state index contributed by atoms with van der Waals surface area (Å²) in [5.41, 5.74) is 0. The van der Waals surface area contributed by atoms with Gasteiger partial charge in [0.1, 0.15) is 0 Å². The van der Waals surface area contributed by atoms with Gasteiger partial charge in [-0.05, 0) is 18.2 Å². The first-order valence-corrected chi connectivity index (χ1v) is 7.25. The third-order valence-electron chi connectivity index (χ3n) is 2.74. The lowest BCUT2D eigenvalue weighted by Gasteiger charge is -2.26. The van der Waals surface area contributed by atoms with E-state index in [1.165, 1.54) is 25.7 Å². The van der Waals surface area contributed by atoms with E-state index in [0.29, 0.717) is 0 Å². The van der Waals surface area contributed by atoms with Crippen molar-refractivity contribution in [3.05, 3.63) is 0 Å². The van der Waals surface area contributed by atoms with Crippen molar-refractivity contribution in [1.29, 1.82) is 0 Å². The van der Waals surface area contributed by atoms with Crippen LogP contribution in [0.4, 0.5) is 0 Å². The highest BCUT2D eigenvalue weighted by Gasteiger charge is 2.33. The maximum absolute atomic E-state index is 5.87. The molecule has 0 fully saturated rings. The van der Waals surface area contributed by atoms with Crippen molar-refractivity contribution in [3.8, 4) is 0 Å². The fourth-order valence-electron chi connectivity index (χ4n) is 1.63. The van der Waals surface area contributed by atoms with E-state index < -0.39 is 0 Å². The summed E-state index contributed by atoms with van der Waals surface area (Å²) in [6, 6.07) is 0. The van der Waals surface area contributed by atoms with Crippen LogP contribution < -0.4 is 0 Å². The number of unbranched alkanes of at least 4 members (excludes halogenated alkanes) is 4. The lowest BCUT2D eigenvalue weighted by molar-refractivity contribution is 0.172. The molecule has 0 aliphatic carbocycles. The summed E-state index contributed by atoms with van der Waals surface area (Å²) in [4.78, 5) is 0. The minimum absolute atomic E-state index is 0.0591. The SMILES string of the molecule is CCCCCOB(OCCCCC)C(C)(C)C. The van der Waals surface area contributed by atoms with Crippen LogP contribution in [0.15, 0.2) is 0 Å². The van der Waals surface area contributed by atoms with Crippen LogP contribution in [0.3, 0.4) is 0 Å². The normalized spacial score (nSPS) is 11.8. The van der Waals surface area contributed by atoms with Gasteiger partial charge in [-0.3, -0.25) is 0 Å². The van der Waals surface area contributed by atoms with Crippen molar-refractivity contribution in [3.63, 3.8) is 0 Å². The summed E-state index contributed by atoms with van der Waals surface area (Å²) in [5.74, 6) is 0. The van der Waals surface area contributed by atoms with Crippen LogP contribution in [0.1, 0.15) is 73.1 Å². The van der Waals surface area contributed by atoms with Gasteiger partial charge in [0.15, 0.2) is 0 Å². The van der Waals surface area contributed by atoms with Gasteiger partial charge < -0.3 is 9.31 Å². The molecule has 0 rings (SSSR count). The van der Waals surface area contributed by atoms with E-state index in [0.717, 1.165) is 26.1 Å². The Morgan fingerprint density at radius 1 is 0.765 bits per heavy atom. The van der Waals surface area contributed by atoms with Crippen molar-refractivity contribution in [2.45, 2.75) is 78.5 Å². The van der Waals surface area contributed by atoms with Crippen molar-refractivity contribution >= 4 is 7.12 Å². The highest BCUT2D eigenvalue weighted by Crippen LogP contribution is 2.28. The summed E-state index contributed by atoms with van der Waals surface area (Å²) in [5, 5.41) is 0.0679. The fraction of sp³-hybridized carbons (Fsp3) is 1.00. The minimum Gasteiger partial charge on any atom is -0.411 e. The summed E-state index contributed by atoms with van der Waals surface area (Å²) in [6.07, 6.45) is 7.24.